The molecule has 0 amide bonds. The zero-order valence-corrected chi connectivity index (χ0v) is 12.4. The lowest BCUT2D eigenvalue weighted by Gasteiger charge is -2.13. The fraction of sp³-hybridized carbons (Fsp3) is 0.375. The molecule has 3 rings (SSSR count). The van der Waals surface area contributed by atoms with Gasteiger partial charge in [-0.3, -0.25) is 0 Å². The summed E-state index contributed by atoms with van der Waals surface area (Å²) in [6, 6.07) is 8.92. The molecule has 1 heterocycles. The Morgan fingerprint density at radius 2 is 2.00 bits per heavy atom. The molecule has 5 heteroatoms. The number of aromatic nitrogens is 2. The number of ether oxygens (including phenoxy) is 1. The standard InChI is InChI=1S/C16H20N4O/c1-20(2)14-4-3-5-15(8-14)21-16-18-10-12(11-19-16)9-17-13-6-7-13/h3-5,8,10-11,13,17H,6-7,9H2,1-2H3. The predicted molar refractivity (Wildman–Crippen MR) is 82.7 cm³/mol. The molecule has 1 aliphatic rings. The third-order valence-electron chi connectivity index (χ3n) is 3.40. The number of anilines is 1. The van der Waals surface area contributed by atoms with Crippen LogP contribution in [0.2, 0.25) is 0 Å². The molecule has 0 atom stereocenters. The first-order valence-electron chi connectivity index (χ1n) is 7.20. The van der Waals surface area contributed by atoms with E-state index < -0.39 is 0 Å². The van der Waals surface area contributed by atoms with Gasteiger partial charge in [-0.05, 0) is 25.0 Å². The highest BCUT2D eigenvalue weighted by atomic mass is 16.5. The monoisotopic (exact) mass is 284 g/mol. The van der Waals surface area contributed by atoms with E-state index in [-0.39, 0.29) is 0 Å². The van der Waals surface area contributed by atoms with Crippen LogP contribution in [0.4, 0.5) is 5.69 Å². The number of rotatable bonds is 6. The summed E-state index contributed by atoms with van der Waals surface area (Å²) in [5, 5.41) is 3.44. The molecule has 0 saturated heterocycles. The molecule has 1 fully saturated rings. The second-order valence-corrected chi connectivity index (χ2v) is 5.52. The number of nitrogens with one attached hydrogen (secondary N) is 1. The average Bonchev–Trinajstić information content (AvgIpc) is 3.31. The van der Waals surface area contributed by atoms with E-state index in [0.29, 0.717) is 12.1 Å². The first-order valence-corrected chi connectivity index (χ1v) is 7.20. The van der Waals surface area contributed by atoms with Crippen molar-refractivity contribution in [2.75, 3.05) is 19.0 Å². The molecule has 0 radical (unpaired) electrons. The van der Waals surface area contributed by atoms with E-state index in [1.807, 2.05) is 55.7 Å². The first-order chi connectivity index (χ1) is 10.2. The van der Waals surface area contributed by atoms with E-state index >= 15 is 0 Å². The zero-order valence-electron chi connectivity index (χ0n) is 12.4. The molecule has 110 valence electrons. The second kappa shape index (κ2) is 6.10. The third-order valence-corrected chi connectivity index (χ3v) is 3.40. The molecule has 1 aromatic carbocycles. The van der Waals surface area contributed by atoms with Gasteiger partial charge in [-0.15, -0.1) is 0 Å². The van der Waals surface area contributed by atoms with Gasteiger partial charge < -0.3 is 15.0 Å². The van der Waals surface area contributed by atoms with Crippen molar-refractivity contribution in [3.05, 3.63) is 42.2 Å². The van der Waals surface area contributed by atoms with Gasteiger partial charge >= 0.3 is 6.01 Å². The molecule has 0 spiro atoms. The van der Waals surface area contributed by atoms with Crippen molar-refractivity contribution < 1.29 is 4.74 Å². The van der Waals surface area contributed by atoms with Gasteiger partial charge in [0.05, 0.1) is 0 Å². The molecule has 2 aromatic rings. The predicted octanol–water partition coefficient (Wildman–Crippen LogP) is 2.59. The Hall–Kier alpha value is -2.14. The highest BCUT2D eigenvalue weighted by Gasteiger charge is 2.19. The fourth-order valence-corrected chi connectivity index (χ4v) is 1.97. The van der Waals surface area contributed by atoms with E-state index in [1.54, 1.807) is 0 Å². The molecular formula is C16H20N4O. The summed E-state index contributed by atoms with van der Waals surface area (Å²) in [6.45, 7) is 0.820. The topological polar surface area (TPSA) is 50.3 Å². The van der Waals surface area contributed by atoms with Crippen LogP contribution in [0.25, 0.3) is 0 Å². The summed E-state index contributed by atoms with van der Waals surface area (Å²) < 4.78 is 5.69. The van der Waals surface area contributed by atoms with Crippen LogP contribution in [0.3, 0.4) is 0 Å². The maximum Gasteiger partial charge on any atom is 0.321 e. The minimum Gasteiger partial charge on any atom is -0.424 e. The van der Waals surface area contributed by atoms with Crippen LogP contribution in [0.15, 0.2) is 36.7 Å². The number of hydrogen-bond acceptors (Lipinski definition) is 5. The summed E-state index contributed by atoms with van der Waals surface area (Å²) in [4.78, 5) is 10.5. The Labute approximate surface area is 125 Å². The Bertz CT molecular complexity index is 593. The van der Waals surface area contributed by atoms with Crippen molar-refractivity contribution in [2.45, 2.75) is 25.4 Å². The van der Waals surface area contributed by atoms with Crippen molar-refractivity contribution in [2.24, 2.45) is 0 Å². The van der Waals surface area contributed by atoms with Crippen molar-refractivity contribution in [1.29, 1.82) is 0 Å². The van der Waals surface area contributed by atoms with Gasteiger partial charge in [0, 0.05) is 56.4 Å². The largest absolute Gasteiger partial charge is 0.424 e. The van der Waals surface area contributed by atoms with Crippen molar-refractivity contribution in [1.82, 2.24) is 15.3 Å². The Morgan fingerprint density at radius 1 is 1.24 bits per heavy atom. The maximum atomic E-state index is 5.69. The third kappa shape index (κ3) is 3.92. The lowest BCUT2D eigenvalue weighted by molar-refractivity contribution is 0.440. The van der Waals surface area contributed by atoms with E-state index in [0.717, 1.165) is 23.5 Å². The smallest absolute Gasteiger partial charge is 0.321 e. The van der Waals surface area contributed by atoms with Gasteiger partial charge in [0.15, 0.2) is 0 Å². The van der Waals surface area contributed by atoms with E-state index in [1.165, 1.54) is 12.8 Å². The van der Waals surface area contributed by atoms with E-state index in [4.69, 9.17) is 4.74 Å². The molecule has 0 unspecified atom stereocenters. The number of nitrogens with zero attached hydrogens (tertiary/aromatic N) is 3. The molecule has 5 nitrogen and oxygen atoms in total. The number of hydrogen-bond donors (Lipinski definition) is 1. The molecule has 1 N–H and O–H groups in total. The summed E-state index contributed by atoms with van der Waals surface area (Å²) >= 11 is 0. The summed E-state index contributed by atoms with van der Waals surface area (Å²) in [5.41, 5.74) is 2.16. The molecule has 1 aliphatic carbocycles. The van der Waals surface area contributed by atoms with Crippen LogP contribution in [-0.2, 0) is 6.54 Å². The summed E-state index contributed by atoms with van der Waals surface area (Å²) in [5.74, 6) is 0.741. The van der Waals surface area contributed by atoms with Crippen LogP contribution in [-0.4, -0.2) is 30.1 Å². The van der Waals surface area contributed by atoms with Crippen LogP contribution < -0.4 is 15.0 Å². The van der Waals surface area contributed by atoms with Crippen molar-refractivity contribution in [3.8, 4) is 11.8 Å². The normalized spacial score (nSPS) is 14.0. The highest BCUT2D eigenvalue weighted by Crippen LogP contribution is 2.23. The Balaban J connectivity index is 1.62. The summed E-state index contributed by atoms with van der Waals surface area (Å²) in [6.07, 6.45) is 6.19. The van der Waals surface area contributed by atoms with Crippen molar-refractivity contribution in [3.63, 3.8) is 0 Å². The van der Waals surface area contributed by atoms with Gasteiger partial charge in [-0.25, -0.2) is 9.97 Å². The second-order valence-electron chi connectivity index (χ2n) is 5.52. The van der Waals surface area contributed by atoms with Crippen LogP contribution in [0.1, 0.15) is 18.4 Å². The Kier molecular flexibility index (Phi) is 4.01. The van der Waals surface area contributed by atoms with E-state index in [2.05, 4.69) is 15.3 Å². The van der Waals surface area contributed by atoms with Gasteiger partial charge in [0.25, 0.3) is 0 Å². The Morgan fingerprint density at radius 3 is 2.67 bits per heavy atom. The molecule has 0 bridgehead atoms. The van der Waals surface area contributed by atoms with Crippen LogP contribution in [0.5, 0.6) is 11.8 Å². The molecular weight excluding hydrogens is 264 g/mol. The molecule has 21 heavy (non-hydrogen) atoms. The first kappa shape index (κ1) is 13.8. The average molecular weight is 284 g/mol. The van der Waals surface area contributed by atoms with Gasteiger partial charge in [-0.1, -0.05) is 6.07 Å². The van der Waals surface area contributed by atoms with Crippen LogP contribution in [0, 0.1) is 0 Å². The molecule has 0 aliphatic heterocycles. The van der Waals surface area contributed by atoms with Gasteiger partial charge in [0.2, 0.25) is 0 Å². The van der Waals surface area contributed by atoms with Crippen LogP contribution >= 0.6 is 0 Å². The fourth-order valence-electron chi connectivity index (χ4n) is 1.97. The van der Waals surface area contributed by atoms with Crippen molar-refractivity contribution >= 4 is 5.69 Å². The lowest BCUT2D eigenvalue weighted by Crippen LogP contribution is -2.15. The van der Waals surface area contributed by atoms with Gasteiger partial charge in [0.1, 0.15) is 5.75 Å². The summed E-state index contributed by atoms with van der Waals surface area (Å²) in [7, 11) is 3.99. The quantitative estimate of drug-likeness (QED) is 0.883. The number of benzene rings is 1. The minimum absolute atomic E-state index is 0.376. The maximum absolute atomic E-state index is 5.69. The lowest BCUT2D eigenvalue weighted by atomic mass is 10.3. The zero-order chi connectivity index (χ0) is 14.7. The highest BCUT2D eigenvalue weighted by molar-refractivity contribution is 5.49. The molecule has 1 aromatic heterocycles. The molecule has 1 saturated carbocycles. The van der Waals surface area contributed by atoms with E-state index in [9.17, 15) is 0 Å². The minimum atomic E-state index is 0.376. The SMILES string of the molecule is CN(C)c1cccc(Oc2ncc(CNC3CC3)cn2)c1. The van der Waals surface area contributed by atoms with Gasteiger partial charge in [-0.2, -0.15) is 0 Å².